The zero-order chi connectivity index (χ0) is 23.9. The fraction of sp³-hybridized carbons (Fsp3) is 0.259. The maximum Gasteiger partial charge on any atom is 0.238 e. The van der Waals surface area contributed by atoms with Gasteiger partial charge in [0.05, 0.1) is 12.2 Å². The second kappa shape index (κ2) is 10.9. The highest BCUT2D eigenvalue weighted by Gasteiger charge is 2.26. The Bertz CT molecular complexity index is 1170. The van der Waals surface area contributed by atoms with Crippen molar-refractivity contribution >= 4 is 29.1 Å². The molecule has 7 nitrogen and oxygen atoms in total. The number of anilines is 2. The number of carbonyl (C=O) groups excluding carboxylic acids is 3. The minimum Gasteiger partial charge on any atom is -0.324 e. The topological polar surface area (TPSA) is 91.4 Å². The summed E-state index contributed by atoms with van der Waals surface area (Å²) in [5, 5.41) is 5.78. The predicted molar refractivity (Wildman–Crippen MR) is 132 cm³/mol. The van der Waals surface area contributed by atoms with Crippen molar-refractivity contribution in [2.75, 3.05) is 30.3 Å². The third-order valence-electron chi connectivity index (χ3n) is 5.97. The molecule has 3 aromatic rings. The van der Waals surface area contributed by atoms with Gasteiger partial charge in [0, 0.05) is 23.2 Å². The summed E-state index contributed by atoms with van der Waals surface area (Å²) < 4.78 is 0. The van der Waals surface area contributed by atoms with Crippen molar-refractivity contribution in [1.82, 2.24) is 9.88 Å². The molecule has 2 aromatic carbocycles. The number of pyridine rings is 1. The molecule has 1 saturated heterocycles. The van der Waals surface area contributed by atoms with Crippen LogP contribution < -0.4 is 10.6 Å². The highest BCUT2D eigenvalue weighted by molar-refractivity contribution is 6.13. The average molecular weight is 457 g/mol. The standard InChI is InChI=1S/C27H28N4O3/c1-19-11-14-28-24(17-19)30-27(34)21-12-15-31(16-13-21)18-25(32)29-23-10-6-5-9-22(23)26(33)20-7-3-2-4-8-20/h2-11,14,17,21H,12-13,15-16,18H2,1H3,(H,29,32)(H,28,30,34). The van der Waals surface area contributed by atoms with Gasteiger partial charge in [-0.15, -0.1) is 0 Å². The van der Waals surface area contributed by atoms with Crippen molar-refractivity contribution in [2.24, 2.45) is 5.92 Å². The highest BCUT2D eigenvalue weighted by Crippen LogP contribution is 2.21. The molecule has 0 atom stereocenters. The fourth-order valence-corrected chi connectivity index (χ4v) is 4.11. The Hall–Kier alpha value is -3.84. The van der Waals surface area contributed by atoms with E-state index in [9.17, 15) is 14.4 Å². The van der Waals surface area contributed by atoms with E-state index in [0.29, 0.717) is 48.6 Å². The molecule has 1 fully saturated rings. The molecule has 0 aliphatic carbocycles. The quantitative estimate of drug-likeness (QED) is 0.526. The monoisotopic (exact) mass is 456 g/mol. The number of ketones is 1. The summed E-state index contributed by atoms with van der Waals surface area (Å²) in [5.41, 5.74) is 2.58. The molecule has 1 aromatic heterocycles. The Kier molecular flexibility index (Phi) is 7.44. The average Bonchev–Trinajstić information content (AvgIpc) is 2.85. The van der Waals surface area contributed by atoms with E-state index in [1.54, 1.807) is 42.6 Å². The maximum absolute atomic E-state index is 12.9. The minimum absolute atomic E-state index is 0.0319. The Morgan fingerprint density at radius 2 is 1.65 bits per heavy atom. The number of nitrogens with one attached hydrogen (secondary N) is 2. The molecule has 174 valence electrons. The minimum atomic E-state index is -0.180. The molecular weight excluding hydrogens is 428 g/mol. The van der Waals surface area contributed by atoms with E-state index in [1.807, 2.05) is 42.2 Å². The van der Waals surface area contributed by atoms with Gasteiger partial charge >= 0.3 is 0 Å². The first-order chi connectivity index (χ1) is 16.5. The predicted octanol–water partition coefficient (Wildman–Crippen LogP) is 3.91. The first-order valence-electron chi connectivity index (χ1n) is 11.4. The lowest BCUT2D eigenvalue weighted by atomic mass is 9.96. The van der Waals surface area contributed by atoms with Crippen molar-refractivity contribution in [3.63, 3.8) is 0 Å². The van der Waals surface area contributed by atoms with Gasteiger partial charge in [-0.05, 0) is 62.7 Å². The lowest BCUT2D eigenvalue weighted by Gasteiger charge is -2.30. The molecular formula is C27H28N4O3. The lowest BCUT2D eigenvalue weighted by molar-refractivity contribution is -0.121. The number of hydrogen-bond donors (Lipinski definition) is 2. The summed E-state index contributed by atoms with van der Waals surface area (Å²) in [6.07, 6.45) is 3.03. The number of hydrogen-bond acceptors (Lipinski definition) is 5. The number of likely N-dealkylation sites (tertiary alicyclic amines) is 1. The van der Waals surface area contributed by atoms with Crippen LogP contribution in [0.1, 0.15) is 34.3 Å². The van der Waals surface area contributed by atoms with E-state index in [2.05, 4.69) is 15.6 Å². The molecule has 1 aliphatic heterocycles. The number of amides is 2. The first kappa shape index (κ1) is 23.3. The van der Waals surface area contributed by atoms with Crippen LogP contribution >= 0.6 is 0 Å². The molecule has 0 spiro atoms. The van der Waals surface area contributed by atoms with Gasteiger partial charge in [0.2, 0.25) is 11.8 Å². The Labute approximate surface area is 199 Å². The number of carbonyl (C=O) groups is 3. The summed E-state index contributed by atoms with van der Waals surface area (Å²) in [6.45, 7) is 3.47. The fourth-order valence-electron chi connectivity index (χ4n) is 4.11. The van der Waals surface area contributed by atoms with E-state index in [4.69, 9.17) is 0 Å². The molecule has 4 rings (SSSR count). The molecule has 7 heteroatoms. The zero-order valence-electron chi connectivity index (χ0n) is 19.2. The Morgan fingerprint density at radius 1 is 0.941 bits per heavy atom. The molecule has 34 heavy (non-hydrogen) atoms. The van der Waals surface area contributed by atoms with Gasteiger partial charge in [0.1, 0.15) is 5.82 Å². The summed E-state index contributed by atoms with van der Waals surface area (Å²) in [4.78, 5) is 44.4. The largest absolute Gasteiger partial charge is 0.324 e. The van der Waals surface area contributed by atoms with Crippen molar-refractivity contribution in [3.05, 3.63) is 89.6 Å². The van der Waals surface area contributed by atoms with E-state index < -0.39 is 0 Å². The van der Waals surface area contributed by atoms with Crippen LogP contribution in [0.25, 0.3) is 0 Å². The number of aromatic nitrogens is 1. The summed E-state index contributed by atoms with van der Waals surface area (Å²) >= 11 is 0. The van der Waals surface area contributed by atoms with Crippen LogP contribution in [0.5, 0.6) is 0 Å². The third kappa shape index (κ3) is 5.94. The maximum atomic E-state index is 12.9. The van der Waals surface area contributed by atoms with E-state index in [-0.39, 0.29) is 30.1 Å². The Morgan fingerprint density at radius 3 is 2.38 bits per heavy atom. The van der Waals surface area contributed by atoms with Crippen LogP contribution in [-0.4, -0.2) is 47.1 Å². The molecule has 0 saturated carbocycles. The van der Waals surface area contributed by atoms with Gasteiger partial charge in [-0.1, -0.05) is 42.5 Å². The number of rotatable bonds is 7. The third-order valence-corrected chi connectivity index (χ3v) is 5.97. The van der Waals surface area contributed by atoms with Gasteiger partial charge in [0.15, 0.2) is 5.78 Å². The van der Waals surface area contributed by atoms with Crippen LogP contribution in [0.2, 0.25) is 0 Å². The number of piperidine rings is 1. The van der Waals surface area contributed by atoms with Crippen LogP contribution in [0.3, 0.4) is 0 Å². The van der Waals surface area contributed by atoms with Crippen LogP contribution in [0.15, 0.2) is 72.9 Å². The van der Waals surface area contributed by atoms with Crippen molar-refractivity contribution in [2.45, 2.75) is 19.8 Å². The molecule has 2 N–H and O–H groups in total. The normalized spacial score (nSPS) is 14.4. The molecule has 0 unspecified atom stereocenters. The van der Waals surface area contributed by atoms with E-state index in [0.717, 1.165) is 5.56 Å². The van der Waals surface area contributed by atoms with Crippen LogP contribution in [-0.2, 0) is 9.59 Å². The van der Waals surface area contributed by atoms with Gasteiger partial charge in [-0.25, -0.2) is 4.98 Å². The number of aryl methyl sites for hydroxylation is 1. The lowest BCUT2D eigenvalue weighted by Crippen LogP contribution is -2.42. The van der Waals surface area contributed by atoms with Crippen LogP contribution in [0, 0.1) is 12.8 Å². The summed E-state index contributed by atoms with van der Waals surface area (Å²) in [6, 6.07) is 19.8. The summed E-state index contributed by atoms with van der Waals surface area (Å²) in [5.74, 6) is 0.114. The number of para-hydroxylation sites is 1. The van der Waals surface area contributed by atoms with Crippen molar-refractivity contribution < 1.29 is 14.4 Å². The molecule has 0 bridgehead atoms. The SMILES string of the molecule is Cc1ccnc(NC(=O)C2CCN(CC(=O)Nc3ccccc3C(=O)c3ccccc3)CC2)c1. The molecule has 2 heterocycles. The molecule has 2 amide bonds. The molecule has 1 aliphatic rings. The first-order valence-corrected chi connectivity index (χ1v) is 11.4. The van der Waals surface area contributed by atoms with Crippen molar-refractivity contribution in [3.8, 4) is 0 Å². The van der Waals surface area contributed by atoms with Gasteiger partial charge in [0.25, 0.3) is 0 Å². The number of nitrogens with zero attached hydrogens (tertiary/aromatic N) is 2. The van der Waals surface area contributed by atoms with Gasteiger partial charge < -0.3 is 10.6 Å². The highest BCUT2D eigenvalue weighted by atomic mass is 16.2. The van der Waals surface area contributed by atoms with Crippen molar-refractivity contribution in [1.29, 1.82) is 0 Å². The van der Waals surface area contributed by atoms with Crippen LogP contribution in [0.4, 0.5) is 11.5 Å². The smallest absolute Gasteiger partial charge is 0.238 e. The second-order valence-electron chi connectivity index (χ2n) is 8.55. The summed E-state index contributed by atoms with van der Waals surface area (Å²) in [7, 11) is 0. The Balaban J connectivity index is 1.30. The van der Waals surface area contributed by atoms with E-state index in [1.165, 1.54) is 0 Å². The second-order valence-corrected chi connectivity index (χ2v) is 8.55. The van der Waals surface area contributed by atoms with Gasteiger partial charge in [-0.3, -0.25) is 19.3 Å². The molecule has 0 radical (unpaired) electrons. The zero-order valence-corrected chi connectivity index (χ0v) is 19.2. The number of benzene rings is 2. The van der Waals surface area contributed by atoms with E-state index >= 15 is 0 Å². The van der Waals surface area contributed by atoms with Gasteiger partial charge in [-0.2, -0.15) is 0 Å².